The molecule has 7 heteroatoms. The van der Waals surface area contributed by atoms with Gasteiger partial charge in [0, 0.05) is 24.3 Å². The SMILES string of the molecule is CC(=O)c1ccc(Nc2nc3c(C(=O)N4CCCCC4)cc(F)cc3s2)cc1. The molecule has 0 spiro atoms. The zero-order chi connectivity index (χ0) is 19.7. The van der Waals surface area contributed by atoms with E-state index >= 15 is 0 Å². The smallest absolute Gasteiger partial charge is 0.256 e. The lowest BCUT2D eigenvalue weighted by Crippen LogP contribution is -2.35. The summed E-state index contributed by atoms with van der Waals surface area (Å²) in [6, 6.07) is 9.76. The Labute approximate surface area is 166 Å². The number of nitrogens with one attached hydrogen (secondary N) is 1. The van der Waals surface area contributed by atoms with E-state index in [0.29, 0.717) is 39.6 Å². The Kier molecular flexibility index (Phi) is 5.09. The van der Waals surface area contributed by atoms with E-state index < -0.39 is 5.82 Å². The van der Waals surface area contributed by atoms with Crippen LogP contribution in [0.15, 0.2) is 36.4 Å². The standard InChI is InChI=1S/C21H20FN3O2S/c1-13(26)14-5-7-16(8-6-14)23-21-24-19-17(11-15(22)12-18(19)28-21)20(27)25-9-3-2-4-10-25/h5-8,11-12H,2-4,9-10H2,1H3,(H,23,24). The quantitative estimate of drug-likeness (QED) is 0.629. The minimum Gasteiger partial charge on any atom is -0.339 e. The number of ketones is 1. The highest BCUT2D eigenvalue weighted by atomic mass is 32.1. The molecule has 4 rings (SSSR count). The molecule has 1 amide bonds. The van der Waals surface area contributed by atoms with Crippen LogP contribution in [0.25, 0.3) is 10.2 Å². The van der Waals surface area contributed by atoms with Crippen LogP contribution in [0.3, 0.4) is 0 Å². The maximum atomic E-state index is 14.1. The van der Waals surface area contributed by atoms with Gasteiger partial charge in [0.25, 0.3) is 5.91 Å². The van der Waals surface area contributed by atoms with Gasteiger partial charge < -0.3 is 10.2 Å². The number of benzene rings is 2. The number of nitrogens with zero attached hydrogens (tertiary/aromatic N) is 2. The maximum absolute atomic E-state index is 14.1. The molecule has 28 heavy (non-hydrogen) atoms. The molecule has 1 saturated heterocycles. The average Bonchev–Trinajstić information content (AvgIpc) is 3.10. The minimum atomic E-state index is -0.436. The molecule has 0 bridgehead atoms. The number of hydrogen-bond donors (Lipinski definition) is 1. The van der Waals surface area contributed by atoms with Crippen LogP contribution in [-0.4, -0.2) is 34.7 Å². The number of likely N-dealkylation sites (tertiary alicyclic amines) is 1. The molecular formula is C21H20FN3O2S. The molecule has 3 aromatic rings. The van der Waals surface area contributed by atoms with Crippen molar-refractivity contribution in [3.63, 3.8) is 0 Å². The van der Waals surface area contributed by atoms with Crippen molar-refractivity contribution in [2.75, 3.05) is 18.4 Å². The Bertz CT molecular complexity index is 1040. The van der Waals surface area contributed by atoms with E-state index in [1.165, 1.54) is 30.4 Å². The second-order valence-corrected chi connectivity index (χ2v) is 7.96. The number of Topliss-reactive ketones (excluding diaryl/α,β-unsaturated/α-hetero) is 1. The summed E-state index contributed by atoms with van der Waals surface area (Å²) in [5.41, 5.74) is 2.23. The molecule has 0 radical (unpaired) electrons. The van der Waals surface area contributed by atoms with Crippen LogP contribution in [0, 0.1) is 5.82 Å². The van der Waals surface area contributed by atoms with Crippen molar-refractivity contribution >= 4 is 44.1 Å². The lowest BCUT2D eigenvalue weighted by atomic mass is 10.1. The zero-order valence-corrected chi connectivity index (χ0v) is 16.3. The Morgan fingerprint density at radius 1 is 1.11 bits per heavy atom. The minimum absolute atomic E-state index is 0.00267. The molecule has 0 saturated carbocycles. The highest BCUT2D eigenvalue weighted by Crippen LogP contribution is 2.32. The molecule has 1 fully saturated rings. The number of halogens is 1. The highest BCUT2D eigenvalue weighted by Gasteiger charge is 2.23. The fraction of sp³-hybridized carbons (Fsp3) is 0.286. The van der Waals surface area contributed by atoms with E-state index in [-0.39, 0.29) is 11.7 Å². The summed E-state index contributed by atoms with van der Waals surface area (Å²) in [7, 11) is 0. The maximum Gasteiger partial charge on any atom is 0.256 e. The predicted octanol–water partition coefficient (Wildman–Crippen LogP) is 5.01. The first-order valence-electron chi connectivity index (χ1n) is 9.28. The van der Waals surface area contributed by atoms with Crippen LogP contribution in [0.4, 0.5) is 15.2 Å². The topological polar surface area (TPSA) is 62.3 Å². The summed E-state index contributed by atoms with van der Waals surface area (Å²) < 4.78 is 14.8. The number of anilines is 2. The number of aromatic nitrogens is 1. The van der Waals surface area contributed by atoms with E-state index in [1.807, 2.05) is 0 Å². The van der Waals surface area contributed by atoms with Crippen molar-refractivity contribution in [2.24, 2.45) is 0 Å². The van der Waals surface area contributed by atoms with Gasteiger partial charge in [0.05, 0.1) is 15.8 Å². The molecule has 1 aliphatic heterocycles. The Morgan fingerprint density at radius 2 is 1.82 bits per heavy atom. The van der Waals surface area contributed by atoms with Crippen LogP contribution < -0.4 is 5.32 Å². The number of piperidine rings is 1. The van der Waals surface area contributed by atoms with Crippen molar-refractivity contribution < 1.29 is 14.0 Å². The van der Waals surface area contributed by atoms with Gasteiger partial charge in [0.15, 0.2) is 10.9 Å². The lowest BCUT2D eigenvalue weighted by molar-refractivity contribution is 0.0725. The van der Waals surface area contributed by atoms with E-state index in [1.54, 1.807) is 29.2 Å². The molecule has 144 valence electrons. The first kappa shape index (κ1) is 18.6. The number of rotatable bonds is 4. The van der Waals surface area contributed by atoms with Crippen LogP contribution in [-0.2, 0) is 0 Å². The van der Waals surface area contributed by atoms with Crippen molar-refractivity contribution in [3.8, 4) is 0 Å². The zero-order valence-electron chi connectivity index (χ0n) is 15.5. The molecule has 1 aromatic heterocycles. The van der Waals surface area contributed by atoms with E-state index in [9.17, 15) is 14.0 Å². The number of carbonyl (C=O) groups is 2. The highest BCUT2D eigenvalue weighted by molar-refractivity contribution is 7.22. The average molecular weight is 397 g/mol. The largest absolute Gasteiger partial charge is 0.339 e. The monoisotopic (exact) mass is 397 g/mol. The molecule has 0 aliphatic carbocycles. The first-order chi connectivity index (χ1) is 13.5. The van der Waals surface area contributed by atoms with Gasteiger partial charge in [0.1, 0.15) is 5.82 Å². The van der Waals surface area contributed by atoms with Gasteiger partial charge in [-0.3, -0.25) is 9.59 Å². The number of thiazole rings is 1. The lowest BCUT2D eigenvalue weighted by Gasteiger charge is -2.26. The van der Waals surface area contributed by atoms with Crippen molar-refractivity contribution in [1.82, 2.24) is 9.88 Å². The van der Waals surface area contributed by atoms with E-state index in [2.05, 4.69) is 10.3 Å². The summed E-state index contributed by atoms with van der Waals surface area (Å²) in [6.45, 7) is 2.93. The third-order valence-electron chi connectivity index (χ3n) is 4.88. The summed E-state index contributed by atoms with van der Waals surface area (Å²) in [6.07, 6.45) is 3.07. The predicted molar refractivity (Wildman–Crippen MR) is 109 cm³/mol. The number of hydrogen-bond acceptors (Lipinski definition) is 5. The summed E-state index contributed by atoms with van der Waals surface area (Å²) in [5, 5.41) is 3.75. The Hall–Kier alpha value is -2.80. The van der Waals surface area contributed by atoms with Crippen LogP contribution in [0.5, 0.6) is 0 Å². The summed E-state index contributed by atoms with van der Waals surface area (Å²) in [5.74, 6) is -0.594. The second-order valence-electron chi connectivity index (χ2n) is 6.93. The summed E-state index contributed by atoms with van der Waals surface area (Å²) >= 11 is 1.30. The Balaban J connectivity index is 1.64. The molecule has 5 nitrogen and oxygen atoms in total. The van der Waals surface area contributed by atoms with Crippen molar-refractivity contribution in [2.45, 2.75) is 26.2 Å². The molecule has 2 heterocycles. The van der Waals surface area contributed by atoms with Gasteiger partial charge >= 0.3 is 0 Å². The molecule has 1 aliphatic rings. The van der Waals surface area contributed by atoms with Gasteiger partial charge in [-0.1, -0.05) is 11.3 Å². The molecule has 1 N–H and O–H groups in total. The van der Waals surface area contributed by atoms with Gasteiger partial charge in [0.2, 0.25) is 0 Å². The van der Waals surface area contributed by atoms with Gasteiger partial charge in [-0.2, -0.15) is 0 Å². The van der Waals surface area contributed by atoms with Crippen molar-refractivity contribution in [3.05, 3.63) is 53.3 Å². The third kappa shape index (κ3) is 3.75. The van der Waals surface area contributed by atoms with Crippen molar-refractivity contribution in [1.29, 1.82) is 0 Å². The molecular weight excluding hydrogens is 377 g/mol. The first-order valence-corrected chi connectivity index (χ1v) is 10.1. The van der Waals surface area contributed by atoms with Crippen LogP contribution in [0.2, 0.25) is 0 Å². The molecule has 0 atom stereocenters. The normalized spacial score (nSPS) is 14.3. The van der Waals surface area contributed by atoms with Crippen LogP contribution >= 0.6 is 11.3 Å². The number of fused-ring (bicyclic) bond motifs is 1. The Morgan fingerprint density at radius 3 is 2.50 bits per heavy atom. The van der Waals surface area contributed by atoms with E-state index in [4.69, 9.17) is 0 Å². The van der Waals surface area contributed by atoms with Gasteiger partial charge in [-0.25, -0.2) is 9.37 Å². The summed E-state index contributed by atoms with van der Waals surface area (Å²) in [4.78, 5) is 30.6. The number of carbonyl (C=O) groups excluding carboxylic acids is 2. The second kappa shape index (κ2) is 7.67. The third-order valence-corrected chi connectivity index (χ3v) is 5.79. The fourth-order valence-corrected chi connectivity index (χ4v) is 4.33. The van der Waals surface area contributed by atoms with Gasteiger partial charge in [-0.15, -0.1) is 0 Å². The van der Waals surface area contributed by atoms with E-state index in [0.717, 1.165) is 24.9 Å². The number of amides is 1. The molecule has 2 aromatic carbocycles. The van der Waals surface area contributed by atoms with Crippen LogP contribution in [0.1, 0.15) is 46.9 Å². The van der Waals surface area contributed by atoms with Gasteiger partial charge in [-0.05, 0) is 62.6 Å². The fourth-order valence-electron chi connectivity index (χ4n) is 3.39. The molecule has 0 unspecified atom stereocenters.